The van der Waals surface area contributed by atoms with Crippen LogP contribution in [0.25, 0.3) is 0 Å². The summed E-state index contributed by atoms with van der Waals surface area (Å²) in [7, 11) is 1.38. The van der Waals surface area contributed by atoms with Crippen molar-refractivity contribution in [1.82, 2.24) is 15.1 Å². The minimum atomic E-state index is -4.00. The Morgan fingerprint density at radius 2 is 1.90 bits per heavy atom. The number of hydrogen-bond acceptors (Lipinski definition) is 4. The van der Waals surface area contributed by atoms with E-state index in [1.165, 1.54) is 6.92 Å². The average Bonchev–Trinajstić information content (AvgIpc) is 2.70. The third-order valence-electron chi connectivity index (χ3n) is 3.74. The molecule has 1 aromatic heterocycles. The molecule has 1 aliphatic rings. The molecule has 1 aromatic rings. The molecule has 6 nitrogen and oxygen atoms in total. The fourth-order valence-corrected chi connectivity index (χ4v) is 3.67. The molecule has 1 N–H and O–H groups in total. The molecule has 0 bridgehead atoms. The Balaban J connectivity index is 2.28. The maximum atomic E-state index is 12.4. The van der Waals surface area contributed by atoms with E-state index in [1.807, 2.05) is 0 Å². The molecule has 0 radical (unpaired) electrons. The first-order chi connectivity index (χ1) is 9.12. The van der Waals surface area contributed by atoms with Crippen LogP contribution in [0, 0.1) is 12.3 Å². The fourth-order valence-electron chi connectivity index (χ4n) is 2.33. The van der Waals surface area contributed by atoms with Crippen LogP contribution in [0.3, 0.4) is 0 Å². The van der Waals surface area contributed by atoms with E-state index in [1.54, 1.807) is 4.90 Å². The summed E-state index contributed by atoms with van der Waals surface area (Å²) in [5.74, 6) is -0.385. The molecule has 0 aliphatic carbocycles. The number of aromatic amines is 1. The van der Waals surface area contributed by atoms with E-state index in [-0.39, 0.29) is 27.6 Å². The predicted octanol–water partition coefficient (Wildman–Crippen LogP) is 1.91. The van der Waals surface area contributed by atoms with Gasteiger partial charge in [-0.05, 0) is 25.2 Å². The van der Waals surface area contributed by atoms with E-state index in [4.69, 9.17) is 10.7 Å². The van der Waals surface area contributed by atoms with Crippen molar-refractivity contribution in [3.8, 4) is 0 Å². The van der Waals surface area contributed by atoms with Gasteiger partial charge in [-0.25, -0.2) is 8.42 Å². The maximum absolute atomic E-state index is 12.4. The number of H-pyrrole nitrogens is 1. The lowest BCUT2D eigenvalue weighted by Gasteiger charge is -2.36. The van der Waals surface area contributed by atoms with Gasteiger partial charge in [0, 0.05) is 23.8 Å². The second kappa shape index (κ2) is 5.04. The van der Waals surface area contributed by atoms with Gasteiger partial charge in [0.25, 0.3) is 15.0 Å². The Kier molecular flexibility index (Phi) is 3.85. The van der Waals surface area contributed by atoms with Crippen molar-refractivity contribution in [2.45, 2.75) is 38.5 Å². The molecule has 0 aromatic carbocycles. The first-order valence-electron chi connectivity index (χ1n) is 6.41. The number of nitrogens with one attached hydrogen (secondary N) is 1. The highest BCUT2D eigenvalue weighted by atomic mass is 35.7. The SMILES string of the molecule is Cc1[nH]nc(C(=O)N2CCC(C)(C)CC2)c1S(=O)(=O)Cl. The summed E-state index contributed by atoms with van der Waals surface area (Å²) in [6.45, 7) is 7.03. The monoisotopic (exact) mass is 319 g/mol. The molecule has 0 spiro atoms. The van der Waals surface area contributed by atoms with Crippen LogP contribution in [0.15, 0.2) is 4.90 Å². The summed E-state index contributed by atoms with van der Waals surface area (Å²) in [5.41, 5.74) is 0.373. The largest absolute Gasteiger partial charge is 0.337 e. The quantitative estimate of drug-likeness (QED) is 0.844. The minimum Gasteiger partial charge on any atom is -0.337 e. The van der Waals surface area contributed by atoms with E-state index in [0.717, 1.165) is 12.8 Å². The maximum Gasteiger partial charge on any atom is 0.275 e. The Morgan fingerprint density at radius 3 is 2.40 bits per heavy atom. The molecule has 1 saturated heterocycles. The second-order valence-electron chi connectivity index (χ2n) is 5.92. The summed E-state index contributed by atoms with van der Waals surface area (Å²) in [4.78, 5) is 13.8. The van der Waals surface area contributed by atoms with Gasteiger partial charge in [-0.2, -0.15) is 5.10 Å². The number of halogens is 1. The third-order valence-corrected chi connectivity index (χ3v) is 5.19. The van der Waals surface area contributed by atoms with Crippen molar-refractivity contribution in [2.75, 3.05) is 13.1 Å². The molecule has 2 heterocycles. The van der Waals surface area contributed by atoms with Crippen LogP contribution in [-0.4, -0.2) is 42.5 Å². The van der Waals surface area contributed by atoms with Gasteiger partial charge in [-0.15, -0.1) is 0 Å². The molecule has 1 aliphatic heterocycles. The Bertz CT molecular complexity index is 626. The number of piperidine rings is 1. The Hall–Kier alpha value is -1.08. The smallest absolute Gasteiger partial charge is 0.275 e. The van der Waals surface area contributed by atoms with Gasteiger partial charge in [0.05, 0.1) is 5.69 Å². The van der Waals surface area contributed by atoms with Crippen molar-refractivity contribution in [3.63, 3.8) is 0 Å². The van der Waals surface area contributed by atoms with Crippen molar-refractivity contribution in [2.24, 2.45) is 5.41 Å². The summed E-state index contributed by atoms with van der Waals surface area (Å²) in [6.07, 6.45) is 1.76. The van der Waals surface area contributed by atoms with Crippen LogP contribution < -0.4 is 0 Å². The summed E-state index contributed by atoms with van der Waals surface area (Å²) >= 11 is 0. The molecule has 0 unspecified atom stereocenters. The number of hydrogen-bond donors (Lipinski definition) is 1. The molecule has 0 saturated carbocycles. The summed E-state index contributed by atoms with van der Waals surface area (Å²) in [5, 5.41) is 6.33. The number of aryl methyl sites for hydroxylation is 1. The van der Waals surface area contributed by atoms with E-state index in [2.05, 4.69) is 24.0 Å². The van der Waals surface area contributed by atoms with Gasteiger partial charge < -0.3 is 4.90 Å². The van der Waals surface area contributed by atoms with Crippen LogP contribution in [0.4, 0.5) is 0 Å². The van der Waals surface area contributed by atoms with Gasteiger partial charge in [-0.1, -0.05) is 13.8 Å². The van der Waals surface area contributed by atoms with Crippen molar-refractivity contribution in [1.29, 1.82) is 0 Å². The Morgan fingerprint density at radius 1 is 1.35 bits per heavy atom. The lowest BCUT2D eigenvalue weighted by atomic mass is 9.82. The van der Waals surface area contributed by atoms with Crippen LogP contribution >= 0.6 is 10.7 Å². The number of carbonyl (C=O) groups is 1. The minimum absolute atomic E-state index is 0.114. The van der Waals surface area contributed by atoms with Crippen LogP contribution in [0.2, 0.25) is 0 Å². The van der Waals surface area contributed by atoms with Gasteiger partial charge in [0.1, 0.15) is 4.90 Å². The zero-order chi connectivity index (χ0) is 15.1. The molecule has 1 amide bonds. The van der Waals surface area contributed by atoms with Gasteiger partial charge >= 0.3 is 0 Å². The van der Waals surface area contributed by atoms with Crippen LogP contribution in [-0.2, 0) is 9.05 Å². The predicted molar refractivity (Wildman–Crippen MR) is 75.3 cm³/mol. The standard InChI is InChI=1S/C12H18ClN3O3S/c1-8-10(20(13,18)19)9(15-14-8)11(17)16-6-4-12(2,3)5-7-16/h4-7H2,1-3H3,(H,14,15). The van der Waals surface area contributed by atoms with Crippen molar-refractivity contribution < 1.29 is 13.2 Å². The highest BCUT2D eigenvalue weighted by molar-refractivity contribution is 8.13. The molecule has 20 heavy (non-hydrogen) atoms. The molecule has 8 heteroatoms. The Labute approximate surface area is 122 Å². The number of rotatable bonds is 2. The van der Waals surface area contributed by atoms with E-state index in [0.29, 0.717) is 13.1 Å². The normalized spacial score (nSPS) is 19.1. The molecular formula is C12H18ClN3O3S. The van der Waals surface area contributed by atoms with Gasteiger partial charge in [0.2, 0.25) is 0 Å². The zero-order valence-corrected chi connectivity index (χ0v) is 13.3. The molecule has 0 atom stereocenters. The lowest BCUT2D eigenvalue weighted by Crippen LogP contribution is -2.41. The highest BCUT2D eigenvalue weighted by Crippen LogP contribution is 2.31. The zero-order valence-electron chi connectivity index (χ0n) is 11.7. The van der Waals surface area contributed by atoms with Crippen molar-refractivity contribution in [3.05, 3.63) is 11.4 Å². The average molecular weight is 320 g/mol. The van der Waals surface area contributed by atoms with Crippen LogP contribution in [0.1, 0.15) is 42.9 Å². The first-order valence-corrected chi connectivity index (χ1v) is 8.72. The molecule has 2 rings (SSSR count). The van der Waals surface area contributed by atoms with Crippen molar-refractivity contribution >= 4 is 25.6 Å². The van der Waals surface area contributed by atoms with E-state index >= 15 is 0 Å². The molecule has 1 fully saturated rings. The molecule has 112 valence electrons. The van der Waals surface area contributed by atoms with Gasteiger partial charge in [-0.3, -0.25) is 9.89 Å². The topological polar surface area (TPSA) is 83.1 Å². The second-order valence-corrected chi connectivity index (χ2v) is 8.42. The van der Waals surface area contributed by atoms with Gasteiger partial charge in [0.15, 0.2) is 5.69 Å². The van der Waals surface area contributed by atoms with E-state index < -0.39 is 9.05 Å². The number of nitrogens with zero attached hydrogens (tertiary/aromatic N) is 2. The molecular weight excluding hydrogens is 302 g/mol. The fraction of sp³-hybridized carbons (Fsp3) is 0.667. The summed E-state index contributed by atoms with van der Waals surface area (Å²) < 4.78 is 23.1. The lowest BCUT2D eigenvalue weighted by molar-refractivity contribution is 0.0620. The highest BCUT2D eigenvalue weighted by Gasteiger charge is 2.33. The number of carbonyl (C=O) groups excluding carboxylic acids is 1. The number of likely N-dealkylation sites (tertiary alicyclic amines) is 1. The van der Waals surface area contributed by atoms with E-state index in [9.17, 15) is 13.2 Å². The number of amides is 1. The van der Waals surface area contributed by atoms with Crippen LogP contribution in [0.5, 0.6) is 0 Å². The third kappa shape index (κ3) is 2.98. The summed E-state index contributed by atoms with van der Waals surface area (Å²) in [6, 6.07) is 0. The number of aromatic nitrogens is 2. The first kappa shape index (κ1) is 15.3.